The standard InChI is InChI=1S/C45H40Cl2O6P2/c1-51-41(48)31-52-44-37(46)27-29-39(54(49,33-19-9-3-10-20-33)34-21-11-4-12-22-34)42(44)43-40(30-28-38(47)45(43)53-32-17-7-2-8-18-32)55(50,35-23-13-5-14-24-35)36-25-15-6-16-26-36/h3-6,9-16,19-30,32H,2,7-8,17-18,31H2,1H3. The Morgan fingerprint density at radius 2 is 0.945 bits per heavy atom. The van der Waals surface area contributed by atoms with Crippen molar-refractivity contribution >= 4 is 75.3 Å². The number of methoxy groups -OCH3 is 1. The Kier molecular flexibility index (Phi) is 12.0. The summed E-state index contributed by atoms with van der Waals surface area (Å²) >= 11 is 14.3. The predicted octanol–water partition coefficient (Wildman–Crippen LogP) is 9.20. The van der Waals surface area contributed by atoms with Gasteiger partial charge < -0.3 is 23.3 Å². The van der Waals surface area contributed by atoms with Crippen LogP contribution in [0.1, 0.15) is 32.1 Å². The molecule has 10 heteroatoms. The predicted molar refractivity (Wildman–Crippen MR) is 226 cm³/mol. The fourth-order valence-electron chi connectivity index (χ4n) is 7.30. The molecule has 0 aromatic heterocycles. The fourth-order valence-corrected chi connectivity index (χ4v) is 13.4. The van der Waals surface area contributed by atoms with Crippen molar-refractivity contribution in [2.75, 3.05) is 13.7 Å². The average molecular weight is 810 g/mol. The van der Waals surface area contributed by atoms with Crippen molar-refractivity contribution in [3.05, 3.63) is 156 Å². The molecule has 0 unspecified atom stereocenters. The number of carbonyl (C=O) groups excluding carboxylic acids is 1. The van der Waals surface area contributed by atoms with Crippen molar-refractivity contribution in [3.8, 4) is 22.6 Å². The van der Waals surface area contributed by atoms with E-state index in [1.165, 1.54) is 7.11 Å². The van der Waals surface area contributed by atoms with E-state index >= 15 is 9.13 Å². The third kappa shape index (κ3) is 7.67. The summed E-state index contributed by atoms with van der Waals surface area (Å²) in [6, 6.07) is 43.8. The molecule has 0 aliphatic heterocycles. The van der Waals surface area contributed by atoms with Gasteiger partial charge in [-0.15, -0.1) is 0 Å². The zero-order valence-electron chi connectivity index (χ0n) is 30.3. The number of ether oxygens (including phenoxy) is 3. The highest BCUT2D eigenvalue weighted by Gasteiger charge is 2.41. The second-order valence-corrected chi connectivity index (χ2v) is 19.6. The minimum absolute atomic E-state index is 0.0568. The van der Waals surface area contributed by atoms with Gasteiger partial charge in [0.25, 0.3) is 0 Å². The van der Waals surface area contributed by atoms with E-state index in [2.05, 4.69) is 0 Å². The molecule has 1 fully saturated rings. The molecule has 6 aromatic rings. The lowest BCUT2D eigenvalue weighted by Crippen LogP contribution is -2.31. The summed E-state index contributed by atoms with van der Waals surface area (Å²) in [7, 11) is -6.34. The van der Waals surface area contributed by atoms with E-state index < -0.39 is 26.9 Å². The van der Waals surface area contributed by atoms with Crippen molar-refractivity contribution in [2.24, 2.45) is 0 Å². The molecule has 1 saturated carbocycles. The van der Waals surface area contributed by atoms with Crippen LogP contribution >= 0.6 is 37.5 Å². The molecule has 1 aliphatic carbocycles. The van der Waals surface area contributed by atoms with Gasteiger partial charge in [0.1, 0.15) is 11.5 Å². The van der Waals surface area contributed by atoms with Gasteiger partial charge in [-0.1, -0.05) is 151 Å². The second-order valence-electron chi connectivity index (χ2n) is 13.3. The lowest BCUT2D eigenvalue weighted by Gasteiger charge is -2.31. The third-order valence-electron chi connectivity index (χ3n) is 9.98. The molecule has 6 nitrogen and oxygen atoms in total. The van der Waals surface area contributed by atoms with Crippen LogP contribution < -0.4 is 41.3 Å². The summed E-state index contributed by atoms with van der Waals surface area (Å²) in [5.41, 5.74) is 0.599. The van der Waals surface area contributed by atoms with E-state index in [0.29, 0.717) is 37.4 Å². The van der Waals surface area contributed by atoms with Crippen LogP contribution in [0.15, 0.2) is 146 Å². The van der Waals surface area contributed by atoms with Gasteiger partial charge in [0.05, 0.1) is 23.3 Å². The summed E-state index contributed by atoms with van der Waals surface area (Å²) in [6.07, 6.45) is 4.48. The van der Waals surface area contributed by atoms with E-state index in [4.69, 9.17) is 37.4 Å². The van der Waals surface area contributed by atoms with Gasteiger partial charge in [0.15, 0.2) is 20.9 Å². The van der Waals surface area contributed by atoms with E-state index in [1.54, 1.807) is 24.3 Å². The fraction of sp³-hybridized carbons (Fsp3) is 0.178. The average Bonchev–Trinajstić information content (AvgIpc) is 3.24. The Hall–Kier alpha value is -4.57. The molecule has 1 aliphatic rings. The molecule has 55 heavy (non-hydrogen) atoms. The van der Waals surface area contributed by atoms with Gasteiger partial charge in [-0.05, 0) is 49.9 Å². The van der Waals surface area contributed by atoms with E-state index in [1.807, 2.05) is 121 Å². The van der Waals surface area contributed by atoms with E-state index in [9.17, 15) is 4.79 Å². The molecule has 0 saturated heterocycles. The highest BCUT2D eigenvalue weighted by Crippen LogP contribution is 2.55. The first-order chi connectivity index (χ1) is 26.8. The summed E-state index contributed by atoms with van der Waals surface area (Å²) in [6.45, 7) is -0.503. The van der Waals surface area contributed by atoms with Gasteiger partial charge in [-0.25, -0.2) is 4.79 Å². The zero-order valence-corrected chi connectivity index (χ0v) is 33.6. The van der Waals surface area contributed by atoms with Crippen molar-refractivity contribution in [1.82, 2.24) is 0 Å². The Morgan fingerprint density at radius 3 is 1.35 bits per heavy atom. The Morgan fingerprint density at radius 1 is 0.564 bits per heavy atom. The minimum atomic E-state index is -3.82. The first-order valence-electron chi connectivity index (χ1n) is 18.2. The number of carbonyl (C=O) groups is 1. The summed E-state index contributed by atoms with van der Waals surface area (Å²) in [5.74, 6) is -0.315. The van der Waals surface area contributed by atoms with E-state index in [-0.39, 0.29) is 33.2 Å². The Labute approximate surface area is 332 Å². The van der Waals surface area contributed by atoms with Crippen molar-refractivity contribution < 1.29 is 28.1 Å². The SMILES string of the molecule is COC(=O)COc1c(Cl)ccc(P(=O)(c2ccccc2)c2ccccc2)c1-c1c(P(=O)(c2ccccc2)c2ccccc2)ccc(Cl)c1OC1CCCCC1. The van der Waals surface area contributed by atoms with Gasteiger partial charge in [-0.3, -0.25) is 0 Å². The number of halogens is 2. The van der Waals surface area contributed by atoms with Gasteiger partial charge in [-0.2, -0.15) is 0 Å². The number of hydrogen-bond donors (Lipinski definition) is 0. The molecule has 0 amide bonds. The van der Waals surface area contributed by atoms with Gasteiger partial charge >= 0.3 is 5.97 Å². The molecule has 280 valence electrons. The van der Waals surface area contributed by atoms with Crippen molar-refractivity contribution in [1.29, 1.82) is 0 Å². The molecule has 0 N–H and O–H groups in total. The van der Waals surface area contributed by atoms with Crippen LogP contribution in [0.3, 0.4) is 0 Å². The lowest BCUT2D eigenvalue weighted by molar-refractivity contribution is -0.142. The van der Waals surface area contributed by atoms with Gasteiger partial charge in [0.2, 0.25) is 0 Å². The normalized spacial score (nSPS) is 13.6. The Bertz CT molecular complexity index is 2280. The third-order valence-corrected chi connectivity index (χ3v) is 16.8. The maximum atomic E-state index is 16.5. The quantitative estimate of drug-likeness (QED) is 0.0907. The van der Waals surface area contributed by atoms with Gasteiger partial charge in [0, 0.05) is 43.0 Å². The van der Waals surface area contributed by atoms with Crippen molar-refractivity contribution in [3.63, 3.8) is 0 Å². The highest BCUT2D eigenvalue weighted by molar-refractivity contribution is 7.86. The molecule has 0 heterocycles. The van der Waals surface area contributed by atoms with Crippen LogP contribution in [0.4, 0.5) is 0 Å². The first-order valence-corrected chi connectivity index (χ1v) is 22.4. The van der Waals surface area contributed by atoms with E-state index in [0.717, 1.165) is 32.1 Å². The maximum Gasteiger partial charge on any atom is 0.343 e. The van der Waals surface area contributed by atoms with Crippen LogP contribution in [0.25, 0.3) is 11.1 Å². The first kappa shape index (κ1) is 38.7. The molecule has 6 aromatic carbocycles. The van der Waals surface area contributed by atoms with Crippen LogP contribution in [-0.2, 0) is 18.7 Å². The topological polar surface area (TPSA) is 78.9 Å². The molecular formula is C45H40Cl2O6P2. The molecule has 0 bridgehead atoms. The molecule has 7 rings (SSSR count). The summed E-state index contributed by atoms with van der Waals surface area (Å²) < 4.78 is 51.2. The zero-order chi connectivity index (χ0) is 38.4. The second kappa shape index (κ2) is 17.1. The minimum Gasteiger partial charge on any atom is -0.488 e. The number of esters is 1. The summed E-state index contributed by atoms with van der Waals surface area (Å²) in [4.78, 5) is 12.7. The molecule has 0 radical (unpaired) electrons. The largest absolute Gasteiger partial charge is 0.488 e. The number of rotatable bonds is 12. The van der Waals surface area contributed by atoms with Crippen LogP contribution in [0, 0.1) is 0 Å². The monoisotopic (exact) mass is 808 g/mol. The van der Waals surface area contributed by atoms with Crippen LogP contribution in [-0.4, -0.2) is 25.8 Å². The van der Waals surface area contributed by atoms with Crippen molar-refractivity contribution in [2.45, 2.75) is 38.2 Å². The molecule has 0 spiro atoms. The smallest absolute Gasteiger partial charge is 0.343 e. The molecule has 0 atom stereocenters. The number of hydrogen-bond acceptors (Lipinski definition) is 6. The van der Waals surface area contributed by atoms with Crippen LogP contribution in [0.5, 0.6) is 11.5 Å². The number of benzene rings is 6. The molecular weight excluding hydrogens is 769 g/mol. The van der Waals surface area contributed by atoms with Crippen LogP contribution in [0.2, 0.25) is 10.0 Å². The maximum absolute atomic E-state index is 16.5. The Balaban J connectivity index is 1.67. The lowest BCUT2D eigenvalue weighted by atomic mass is 9.97. The highest BCUT2D eigenvalue weighted by atomic mass is 35.5. The summed E-state index contributed by atoms with van der Waals surface area (Å²) in [5, 5.41) is 3.40.